The van der Waals surface area contributed by atoms with Crippen molar-refractivity contribution >= 4 is 5.97 Å². The van der Waals surface area contributed by atoms with E-state index in [0.717, 1.165) is 0 Å². The first kappa shape index (κ1) is 19.4. The van der Waals surface area contributed by atoms with Crippen LogP contribution in [0.25, 0.3) is 0 Å². The molecular formula is C16H22O9. The Morgan fingerprint density at radius 3 is 2.40 bits per heavy atom. The van der Waals surface area contributed by atoms with Crippen molar-refractivity contribution in [3.63, 3.8) is 0 Å². The first-order chi connectivity index (χ1) is 11.8. The average molecular weight is 358 g/mol. The highest BCUT2D eigenvalue weighted by molar-refractivity contribution is 5.72. The molecule has 6 unspecified atom stereocenters. The first-order valence-electron chi connectivity index (χ1n) is 7.76. The zero-order valence-electron chi connectivity index (χ0n) is 13.6. The van der Waals surface area contributed by atoms with Gasteiger partial charge in [0.05, 0.1) is 12.5 Å². The van der Waals surface area contributed by atoms with Crippen LogP contribution in [0.1, 0.15) is 6.92 Å². The van der Waals surface area contributed by atoms with E-state index in [9.17, 15) is 25.2 Å². The standard InChI is InChI=1S/C16H22O9/c1-8(6-17)15(22)23-7-11-12(19)13(20)14(21)16(25-11)24-10-4-2-9(18)3-5-10/h2-5,8,11-14,16-21H,6-7H2,1H3. The van der Waals surface area contributed by atoms with E-state index in [1.54, 1.807) is 0 Å². The van der Waals surface area contributed by atoms with E-state index in [1.807, 2.05) is 0 Å². The minimum atomic E-state index is -1.57. The summed E-state index contributed by atoms with van der Waals surface area (Å²) in [5.74, 6) is -1.14. The Kier molecular flexibility index (Phi) is 6.57. The van der Waals surface area contributed by atoms with Crippen molar-refractivity contribution in [1.82, 2.24) is 0 Å². The third-order valence-corrected chi connectivity index (χ3v) is 3.82. The van der Waals surface area contributed by atoms with Gasteiger partial charge < -0.3 is 39.7 Å². The van der Waals surface area contributed by atoms with Crippen LogP contribution in [0.5, 0.6) is 11.5 Å². The molecule has 0 saturated carbocycles. The fourth-order valence-electron chi connectivity index (χ4n) is 2.19. The summed E-state index contributed by atoms with van der Waals surface area (Å²) in [6.07, 6.45) is -7.05. The Bertz CT molecular complexity index is 561. The summed E-state index contributed by atoms with van der Waals surface area (Å²) in [5, 5.41) is 48.1. The van der Waals surface area contributed by atoms with Gasteiger partial charge in [-0.1, -0.05) is 0 Å². The molecule has 9 heteroatoms. The summed E-state index contributed by atoms with van der Waals surface area (Å²) < 4.78 is 15.7. The van der Waals surface area contributed by atoms with Crippen molar-refractivity contribution < 1.29 is 44.5 Å². The number of phenols is 1. The molecule has 1 aliphatic rings. The van der Waals surface area contributed by atoms with Crippen LogP contribution >= 0.6 is 0 Å². The molecular weight excluding hydrogens is 336 g/mol. The van der Waals surface area contributed by atoms with E-state index < -0.39 is 42.6 Å². The topological polar surface area (TPSA) is 146 Å². The largest absolute Gasteiger partial charge is 0.508 e. The molecule has 25 heavy (non-hydrogen) atoms. The lowest BCUT2D eigenvalue weighted by Gasteiger charge is -2.40. The van der Waals surface area contributed by atoms with Crippen LogP contribution in [0.15, 0.2) is 24.3 Å². The maximum Gasteiger partial charge on any atom is 0.311 e. The molecule has 1 aromatic rings. The summed E-state index contributed by atoms with van der Waals surface area (Å²) in [7, 11) is 0. The number of aliphatic hydroxyl groups is 4. The first-order valence-corrected chi connectivity index (χ1v) is 7.76. The van der Waals surface area contributed by atoms with Gasteiger partial charge in [0.2, 0.25) is 6.29 Å². The summed E-state index contributed by atoms with van der Waals surface area (Å²) in [6, 6.07) is 5.60. The Morgan fingerprint density at radius 1 is 1.16 bits per heavy atom. The second-order valence-electron chi connectivity index (χ2n) is 5.84. The van der Waals surface area contributed by atoms with Crippen LogP contribution in [0.2, 0.25) is 0 Å². The highest BCUT2D eigenvalue weighted by Gasteiger charge is 2.45. The van der Waals surface area contributed by atoms with Crippen molar-refractivity contribution in [3.8, 4) is 11.5 Å². The SMILES string of the molecule is CC(CO)C(=O)OCC1OC(Oc2ccc(O)cc2)C(O)C(O)C1O. The Hall–Kier alpha value is -1.91. The third kappa shape index (κ3) is 4.80. The number of benzene rings is 1. The molecule has 140 valence electrons. The lowest BCUT2D eigenvalue weighted by molar-refractivity contribution is -0.278. The molecule has 9 nitrogen and oxygen atoms in total. The molecule has 0 aromatic heterocycles. The van der Waals surface area contributed by atoms with Crippen LogP contribution in [0.4, 0.5) is 0 Å². The average Bonchev–Trinajstić information content (AvgIpc) is 2.61. The minimum absolute atomic E-state index is 0.0238. The van der Waals surface area contributed by atoms with Gasteiger partial charge in [0, 0.05) is 0 Å². The fraction of sp³-hybridized carbons (Fsp3) is 0.562. The van der Waals surface area contributed by atoms with Crippen LogP contribution < -0.4 is 4.74 Å². The number of ether oxygens (including phenoxy) is 3. The van der Waals surface area contributed by atoms with E-state index in [-0.39, 0.29) is 24.7 Å². The smallest absolute Gasteiger partial charge is 0.311 e. The Morgan fingerprint density at radius 2 is 1.80 bits per heavy atom. The number of aromatic hydroxyl groups is 1. The van der Waals surface area contributed by atoms with Crippen molar-refractivity contribution in [2.45, 2.75) is 37.6 Å². The molecule has 0 bridgehead atoms. The van der Waals surface area contributed by atoms with E-state index in [1.165, 1.54) is 31.2 Å². The van der Waals surface area contributed by atoms with Gasteiger partial charge in [0.25, 0.3) is 0 Å². The number of rotatable bonds is 6. The van der Waals surface area contributed by atoms with E-state index >= 15 is 0 Å². The normalized spacial score (nSPS) is 30.5. The van der Waals surface area contributed by atoms with Crippen LogP contribution in [0, 0.1) is 5.92 Å². The summed E-state index contributed by atoms with van der Waals surface area (Å²) in [5.41, 5.74) is 0. The molecule has 1 saturated heterocycles. The van der Waals surface area contributed by atoms with E-state index in [4.69, 9.17) is 19.3 Å². The summed E-state index contributed by atoms with van der Waals surface area (Å²) in [4.78, 5) is 11.6. The van der Waals surface area contributed by atoms with Crippen molar-refractivity contribution in [3.05, 3.63) is 24.3 Å². The van der Waals surface area contributed by atoms with Gasteiger partial charge in [0.1, 0.15) is 42.5 Å². The van der Waals surface area contributed by atoms with Gasteiger partial charge in [-0.15, -0.1) is 0 Å². The van der Waals surface area contributed by atoms with Gasteiger partial charge in [-0.25, -0.2) is 0 Å². The zero-order valence-corrected chi connectivity index (χ0v) is 13.6. The van der Waals surface area contributed by atoms with Crippen molar-refractivity contribution in [2.75, 3.05) is 13.2 Å². The number of carbonyl (C=O) groups is 1. The van der Waals surface area contributed by atoms with Crippen LogP contribution in [0.3, 0.4) is 0 Å². The van der Waals surface area contributed by atoms with Gasteiger partial charge in [0.15, 0.2) is 0 Å². The monoisotopic (exact) mass is 358 g/mol. The maximum atomic E-state index is 11.6. The number of carbonyl (C=O) groups excluding carboxylic acids is 1. The van der Waals surface area contributed by atoms with Gasteiger partial charge in [-0.3, -0.25) is 4.79 Å². The predicted octanol–water partition coefficient (Wildman–Crippen LogP) is -1.25. The van der Waals surface area contributed by atoms with Crippen LogP contribution in [-0.4, -0.2) is 75.4 Å². The van der Waals surface area contributed by atoms with E-state index in [0.29, 0.717) is 0 Å². The number of hydrogen-bond donors (Lipinski definition) is 5. The fourth-order valence-corrected chi connectivity index (χ4v) is 2.19. The Labute approximate surface area is 144 Å². The second-order valence-corrected chi connectivity index (χ2v) is 5.84. The molecule has 1 heterocycles. The molecule has 0 spiro atoms. The lowest BCUT2D eigenvalue weighted by Crippen LogP contribution is -2.60. The van der Waals surface area contributed by atoms with Gasteiger partial charge >= 0.3 is 5.97 Å². The number of aliphatic hydroxyl groups excluding tert-OH is 4. The predicted molar refractivity (Wildman–Crippen MR) is 82.6 cm³/mol. The van der Waals surface area contributed by atoms with Gasteiger partial charge in [-0.05, 0) is 31.2 Å². The highest BCUT2D eigenvalue weighted by atomic mass is 16.7. The van der Waals surface area contributed by atoms with E-state index in [2.05, 4.69) is 0 Å². The van der Waals surface area contributed by atoms with Crippen LogP contribution in [-0.2, 0) is 14.3 Å². The zero-order chi connectivity index (χ0) is 18.6. The summed E-state index contributed by atoms with van der Waals surface area (Å²) in [6.45, 7) is 0.695. The lowest BCUT2D eigenvalue weighted by atomic mass is 9.99. The highest BCUT2D eigenvalue weighted by Crippen LogP contribution is 2.25. The number of hydrogen-bond acceptors (Lipinski definition) is 9. The maximum absolute atomic E-state index is 11.6. The second kappa shape index (κ2) is 8.45. The Balaban J connectivity index is 2.01. The molecule has 2 rings (SSSR count). The molecule has 0 radical (unpaired) electrons. The summed E-state index contributed by atoms with van der Waals surface area (Å²) >= 11 is 0. The molecule has 1 aliphatic heterocycles. The minimum Gasteiger partial charge on any atom is -0.508 e. The molecule has 6 atom stereocenters. The van der Waals surface area contributed by atoms with Crippen molar-refractivity contribution in [1.29, 1.82) is 0 Å². The molecule has 0 amide bonds. The molecule has 1 aromatic carbocycles. The quantitative estimate of drug-likeness (QED) is 0.394. The van der Waals surface area contributed by atoms with Crippen molar-refractivity contribution in [2.24, 2.45) is 5.92 Å². The van der Waals surface area contributed by atoms with Gasteiger partial charge in [-0.2, -0.15) is 0 Å². The molecule has 5 N–H and O–H groups in total. The molecule has 1 fully saturated rings. The number of phenolic OH excluding ortho intramolecular Hbond substituents is 1. The number of esters is 1. The third-order valence-electron chi connectivity index (χ3n) is 3.82. The molecule has 0 aliphatic carbocycles.